The van der Waals surface area contributed by atoms with E-state index in [-0.39, 0.29) is 17.9 Å². The molecule has 5 nitrogen and oxygen atoms in total. The molecule has 23 heavy (non-hydrogen) atoms. The number of nitrogens with zero attached hydrogens (tertiary/aromatic N) is 1. The summed E-state index contributed by atoms with van der Waals surface area (Å²) in [5.41, 5.74) is 1.46. The molecular weight excluding hydrogens is 294 g/mol. The fraction of sp³-hybridized carbons (Fsp3) is 0.278. The number of hydrogen-bond acceptors (Lipinski definition) is 3. The number of carbonyl (C=O) groups excluding carboxylic acids is 1. The molecule has 120 valence electrons. The van der Waals surface area contributed by atoms with Gasteiger partial charge >= 0.3 is 5.97 Å². The zero-order valence-electron chi connectivity index (χ0n) is 13.4. The second-order valence-corrected chi connectivity index (χ2v) is 5.81. The predicted octanol–water partition coefficient (Wildman–Crippen LogP) is 2.93. The van der Waals surface area contributed by atoms with Gasteiger partial charge in [-0.25, -0.2) is 4.79 Å². The van der Waals surface area contributed by atoms with Gasteiger partial charge in [-0.05, 0) is 36.1 Å². The summed E-state index contributed by atoms with van der Waals surface area (Å²) in [5, 5.41) is 9.08. The summed E-state index contributed by atoms with van der Waals surface area (Å²) < 4.78 is 1.22. The van der Waals surface area contributed by atoms with Gasteiger partial charge in [-0.2, -0.15) is 0 Å². The molecule has 0 atom stereocenters. The maximum absolute atomic E-state index is 12.3. The van der Waals surface area contributed by atoms with E-state index in [9.17, 15) is 14.4 Å². The fourth-order valence-electron chi connectivity index (χ4n) is 2.41. The second kappa shape index (κ2) is 6.60. The fourth-order valence-corrected chi connectivity index (χ4v) is 2.41. The molecule has 2 aromatic rings. The van der Waals surface area contributed by atoms with Crippen LogP contribution in [0.4, 0.5) is 0 Å². The first-order valence-electron chi connectivity index (χ1n) is 7.38. The number of Topliss-reactive ketones (excluding diaryl/α,β-unsaturated/α-hetero) is 1. The Morgan fingerprint density at radius 2 is 1.70 bits per heavy atom. The SMILES string of the molecule is CC(=O)Cn1c(-c2ccc(C(C)C)cc2)ccc(C(=O)O)c1=O. The van der Waals surface area contributed by atoms with Crippen LogP contribution in [0.15, 0.2) is 41.2 Å². The first-order chi connectivity index (χ1) is 10.8. The molecular formula is C18H19NO4. The minimum Gasteiger partial charge on any atom is -0.477 e. The van der Waals surface area contributed by atoms with E-state index in [2.05, 4.69) is 13.8 Å². The number of aromatic carboxylic acids is 1. The highest BCUT2D eigenvalue weighted by Crippen LogP contribution is 2.22. The monoisotopic (exact) mass is 313 g/mol. The number of carboxylic acid groups (broad SMARTS) is 1. The molecule has 0 saturated heterocycles. The van der Waals surface area contributed by atoms with Crippen LogP contribution in [0.2, 0.25) is 0 Å². The molecule has 1 heterocycles. The molecule has 1 N–H and O–H groups in total. The first kappa shape index (κ1) is 16.7. The number of rotatable bonds is 5. The third-order valence-corrected chi connectivity index (χ3v) is 3.66. The summed E-state index contributed by atoms with van der Waals surface area (Å²) in [6, 6.07) is 10.5. The van der Waals surface area contributed by atoms with E-state index in [1.807, 2.05) is 24.3 Å². The molecule has 0 unspecified atom stereocenters. The van der Waals surface area contributed by atoms with E-state index in [0.717, 1.165) is 11.1 Å². The highest BCUT2D eigenvalue weighted by molar-refractivity contribution is 5.88. The van der Waals surface area contributed by atoms with Crippen molar-refractivity contribution in [3.63, 3.8) is 0 Å². The molecule has 0 spiro atoms. The first-order valence-corrected chi connectivity index (χ1v) is 7.38. The third-order valence-electron chi connectivity index (χ3n) is 3.66. The van der Waals surface area contributed by atoms with Crippen LogP contribution < -0.4 is 5.56 Å². The van der Waals surface area contributed by atoms with Crippen molar-refractivity contribution in [3.8, 4) is 11.3 Å². The van der Waals surface area contributed by atoms with Crippen LogP contribution in [0.25, 0.3) is 11.3 Å². The second-order valence-electron chi connectivity index (χ2n) is 5.81. The number of aromatic nitrogens is 1. The van der Waals surface area contributed by atoms with E-state index in [1.165, 1.54) is 17.6 Å². The zero-order valence-corrected chi connectivity index (χ0v) is 13.4. The summed E-state index contributed by atoms with van der Waals surface area (Å²) in [6.45, 7) is 5.39. The van der Waals surface area contributed by atoms with Crippen LogP contribution in [0.5, 0.6) is 0 Å². The van der Waals surface area contributed by atoms with Gasteiger partial charge in [-0.15, -0.1) is 0 Å². The molecule has 0 fully saturated rings. The van der Waals surface area contributed by atoms with Gasteiger partial charge in [0, 0.05) is 0 Å². The summed E-state index contributed by atoms with van der Waals surface area (Å²) in [5.74, 6) is -1.12. The third kappa shape index (κ3) is 3.56. The van der Waals surface area contributed by atoms with Crippen LogP contribution >= 0.6 is 0 Å². The average molecular weight is 313 g/mol. The van der Waals surface area contributed by atoms with Gasteiger partial charge in [0.1, 0.15) is 11.3 Å². The quantitative estimate of drug-likeness (QED) is 0.920. The number of pyridine rings is 1. The van der Waals surface area contributed by atoms with E-state index in [0.29, 0.717) is 11.6 Å². The smallest absolute Gasteiger partial charge is 0.341 e. The largest absolute Gasteiger partial charge is 0.477 e. The van der Waals surface area contributed by atoms with Gasteiger partial charge in [-0.1, -0.05) is 38.1 Å². The number of carbonyl (C=O) groups is 2. The van der Waals surface area contributed by atoms with Gasteiger partial charge in [-0.3, -0.25) is 9.59 Å². The van der Waals surface area contributed by atoms with Crippen molar-refractivity contribution in [3.05, 3.63) is 57.9 Å². The molecule has 0 aliphatic carbocycles. The number of benzene rings is 1. The molecule has 2 rings (SSSR count). The van der Waals surface area contributed by atoms with Crippen molar-refractivity contribution in [2.75, 3.05) is 0 Å². The lowest BCUT2D eigenvalue weighted by Gasteiger charge is -2.14. The van der Waals surface area contributed by atoms with Crippen LogP contribution in [0.1, 0.15) is 42.6 Å². The molecule has 0 amide bonds. The van der Waals surface area contributed by atoms with E-state index >= 15 is 0 Å². The van der Waals surface area contributed by atoms with Gasteiger partial charge in [0.2, 0.25) is 0 Å². The molecule has 0 saturated carbocycles. The van der Waals surface area contributed by atoms with Gasteiger partial charge in [0.15, 0.2) is 0 Å². The maximum atomic E-state index is 12.3. The van der Waals surface area contributed by atoms with E-state index in [4.69, 9.17) is 5.11 Å². The van der Waals surface area contributed by atoms with Gasteiger partial charge in [0.05, 0.1) is 12.2 Å². The highest BCUT2D eigenvalue weighted by Gasteiger charge is 2.16. The maximum Gasteiger partial charge on any atom is 0.341 e. The highest BCUT2D eigenvalue weighted by atomic mass is 16.4. The number of ketones is 1. The summed E-state index contributed by atoms with van der Waals surface area (Å²) in [7, 11) is 0. The Kier molecular flexibility index (Phi) is 4.79. The lowest BCUT2D eigenvalue weighted by atomic mass is 10.0. The average Bonchev–Trinajstić information content (AvgIpc) is 2.48. The summed E-state index contributed by atoms with van der Waals surface area (Å²) >= 11 is 0. The van der Waals surface area contributed by atoms with Crippen molar-refractivity contribution in [1.82, 2.24) is 4.57 Å². The molecule has 0 bridgehead atoms. The Bertz CT molecular complexity index is 801. The van der Waals surface area contributed by atoms with Crippen LogP contribution in [-0.4, -0.2) is 21.4 Å². The normalized spacial score (nSPS) is 10.8. The van der Waals surface area contributed by atoms with Gasteiger partial charge in [0.25, 0.3) is 5.56 Å². The van der Waals surface area contributed by atoms with Crippen molar-refractivity contribution in [1.29, 1.82) is 0 Å². The molecule has 0 aliphatic rings. The minimum absolute atomic E-state index is 0.152. The Balaban J connectivity index is 2.61. The summed E-state index contributed by atoms with van der Waals surface area (Å²) in [4.78, 5) is 34.9. The van der Waals surface area contributed by atoms with Crippen LogP contribution in [0.3, 0.4) is 0 Å². The predicted molar refractivity (Wildman–Crippen MR) is 87.9 cm³/mol. The Hall–Kier alpha value is -2.69. The lowest BCUT2D eigenvalue weighted by Crippen LogP contribution is -2.29. The standard InChI is InChI=1S/C18H19NO4/c1-11(2)13-4-6-14(7-5-13)16-9-8-15(18(22)23)17(21)19(16)10-12(3)20/h4-9,11H,10H2,1-3H3,(H,22,23). The minimum atomic E-state index is -1.30. The molecule has 1 aromatic heterocycles. The Labute approximate surface area is 134 Å². The Morgan fingerprint density at radius 1 is 1.09 bits per heavy atom. The zero-order chi connectivity index (χ0) is 17.1. The van der Waals surface area contributed by atoms with Crippen LogP contribution in [-0.2, 0) is 11.3 Å². The molecule has 0 aliphatic heterocycles. The van der Waals surface area contributed by atoms with Crippen LogP contribution in [0, 0.1) is 0 Å². The lowest BCUT2D eigenvalue weighted by molar-refractivity contribution is -0.117. The Morgan fingerprint density at radius 3 is 2.17 bits per heavy atom. The van der Waals surface area contributed by atoms with E-state index in [1.54, 1.807) is 6.07 Å². The van der Waals surface area contributed by atoms with Gasteiger partial charge < -0.3 is 9.67 Å². The van der Waals surface area contributed by atoms with E-state index < -0.39 is 11.5 Å². The summed E-state index contributed by atoms with van der Waals surface area (Å²) in [6.07, 6.45) is 0. The van der Waals surface area contributed by atoms with Crippen molar-refractivity contribution in [2.45, 2.75) is 33.2 Å². The van der Waals surface area contributed by atoms with Crippen molar-refractivity contribution < 1.29 is 14.7 Å². The number of carboxylic acids is 1. The molecule has 1 aromatic carbocycles. The number of hydrogen-bond donors (Lipinski definition) is 1. The molecule has 0 radical (unpaired) electrons. The molecule has 5 heteroatoms. The van der Waals surface area contributed by atoms with Crippen molar-refractivity contribution in [2.24, 2.45) is 0 Å². The van der Waals surface area contributed by atoms with Crippen molar-refractivity contribution >= 4 is 11.8 Å². The topological polar surface area (TPSA) is 76.4 Å².